The number of nitrogens with zero attached hydrogens (tertiary/aromatic N) is 2. The molecule has 0 aromatic heterocycles. The van der Waals surface area contributed by atoms with Crippen LogP contribution < -0.4 is 24.6 Å². The summed E-state index contributed by atoms with van der Waals surface area (Å²) in [6.07, 6.45) is 5.14. The van der Waals surface area contributed by atoms with Crippen molar-refractivity contribution >= 4 is 39.2 Å². The van der Waals surface area contributed by atoms with Crippen LogP contribution in [0.3, 0.4) is 0 Å². The molecule has 6 aromatic rings. The topological polar surface area (TPSA) is 37.0 Å². The van der Waals surface area contributed by atoms with Gasteiger partial charge in [-0.25, -0.2) is 0 Å². The summed E-state index contributed by atoms with van der Waals surface area (Å²) in [5, 5.41) is 6.50. The van der Waals surface area contributed by atoms with Crippen molar-refractivity contribution in [2.45, 2.75) is 52.5 Å². The molecule has 6 aromatic carbocycles. The van der Waals surface area contributed by atoms with E-state index in [9.17, 15) is 0 Å². The maximum absolute atomic E-state index is 5.55. The lowest BCUT2D eigenvalue weighted by atomic mass is 9.82. The Kier molecular flexibility index (Phi) is 11.1. The number of hydrogen-bond acceptors (Lipinski definition) is 5. The number of methoxy groups -OCH3 is 2. The zero-order valence-corrected chi connectivity index (χ0v) is 31.8. The second-order valence-corrected chi connectivity index (χ2v) is 14.1. The van der Waals surface area contributed by atoms with E-state index in [1.54, 1.807) is 14.2 Å². The van der Waals surface area contributed by atoms with Crippen LogP contribution in [0.15, 0.2) is 133 Å². The lowest BCUT2D eigenvalue weighted by Crippen LogP contribution is -2.30. The van der Waals surface area contributed by atoms with Gasteiger partial charge >= 0.3 is 0 Å². The van der Waals surface area contributed by atoms with Gasteiger partial charge in [-0.15, -0.1) is 0 Å². The van der Waals surface area contributed by atoms with Crippen molar-refractivity contribution in [1.82, 2.24) is 0 Å². The molecule has 0 saturated heterocycles. The first-order chi connectivity index (χ1) is 26.0. The third-order valence-corrected chi connectivity index (χ3v) is 10.9. The monoisotopic (exact) mass is 702 g/mol. The van der Waals surface area contributed by atoms with Gasteiger partial charge in [-0.3, -0.25) is 0 Å². The van der Waals surface area contributed by atoms with Gasteiger partial charge in [0, 0.05) is 53.4 Å². The number of rotatable bonds is 13. The molecule has 5 heteroatoms. The summed E-state index contributed by atoms with van der Waals surface area (Å²) in [5.41, 5.74) is 9.30. The number of fused-ring (bicyclic) bond motifs is 1. The third kappa shape index (κ3) is 7.66. The van der Waals surface area contributed by atoms with Gasteiger partial charge in [-0.2, -0.15) is 0 Å². The molecule has 1 saturated carbocycles. The average molecular weight is 703 g/mol. The highest BCUT2D eigenvalue weighted by atomic mass is 16.5. The highest BCUT2D eigenvalue weighted by Gasteiger charge is 2.28. The SMILES string of the molecule is CCN(c1ccc([C+](c2ccc(N(CC)c3cccc(OC)c3)cc2)c2ccc(NC3CCCCC3C)c3ccccc23)cc1)c1cccc(OC)c1. The van der Waals surface area contributed by atoms with Crippen LogP contribution in [0.1, 0.15) is 63.1 Å². The second-order valence-electron chi connectivity index (χ2n) is 14.1. The van der Waals surface area contributed by atoms with Gasteiger partial charge in [0.05, 0.1) is 53.9 Å². The zero-order chi connectivity index (χ0) is 36.7. The van der Waals surface area contributed by atoms with Crippen LogP contribution in [0, 0.1) is 11.8 Å². The largest absolute Gasteiger partial charge is 0.497 e. The van der Waals surface area contributed by atoms with Gasteiger partial charge in [0.2, 0.25) is 0 Å². The Hall–Kier alpha value is -5.55. The van der Waals surface area contributed by atoms with Crippen LogP contribution in [-0.4, -0.2) is 33.4 Å². The molecule has 53 heavy (non-hydrogen) atoms. The molecule has 1 N–H and O–H groups in total. The van der Waals surface area contributed by atoms with Gasteiger partial charge in [0.25, 0.3) is 0 Å². The second kappa shape index (κ2) is 16.4. The number of hydrogen-bond donors (Lipinski definition) is 1. The predicted molar refractivity (Wildman–Crippen MR) is 224 cm³/mol. The van der Waals surface area contributed by atoms with E-state index in [4.69, 9.17) is 9.47 Å². The van der Waals surface area contributed by atoms with Gasteiger partial charge in [0.1, 0.15) is 11.5 Å². The van der Waals surface area contributed by atoms with Crippen LogP contribution in [0.25, 0.3) is 10.8 Å². The average Bonchev–Trinajstić information content (AvgIpc) is 3.21. The highest BCUT2D eigenvalue weighted by Crippen LogP contribution is 2.41. The fourth-order valence-electron chi connectivity index (χ4n) is 8.05. The summed E-state index contributed by atoms with van der Waals surface area (Å²) in [4.78, 5) is 4.64. The molecule has 0 amide bonds. The highest BCUT2D eigenvalue weighted by molar-refractivity contribution is 5.98. The number of anilines is 5. The smallest absolute Gasteiger partial charge is 0.120 e. The first kappa shape index (κ1) is 35.8. The van der Waals surface area contributed by atoms with Gasteiger partial charge in [-0.05, 0) is 130 Å². The van der Waals surface area contributed by atoms with Crippen molar-refractivity contribution in [1.29, 1.82) is 0 Å². The Morgan fingerprint density at radius 3 is 1.62 bits per heavy atom. The minimum absolute atomic E-state index is 0.499. The first-order valence-electron chi connectivity index (χ1n) is 19.2. The van der Waals surface area contributed by atoms with Crippen LogP contribution in [0.4, 0.5) is 28.4 Å². The number of nitrogens with one attached hydrogen (secondary N) is 1. The Balaban J connectivity index is 1.30. The van der Waals surface area contributed by atoms with E-state index < -0.39 is 0 Å². The van der Waals surface area contributed by atoms with Crippen LogP contribution in [0.5, 0.6) is 11.5 Å². The van der Waals surface area contributed by atoms with Crippen LogP contribution in [0.2, 0.25) is 0 Å². The summed E-state index contributed by atoms with van der Waals surface area (Å²) < 4.78 is 11.1. The van der Waals surface area contributed by atoms with E-state index in [0.717, 1.165) is 47.3 Å². The molecule has 0 spiro atoms. The Bertz CT molecular complexity index is 2010. The minimum Gasteiger partial charge on any atom is -0.497 e. The molecule has 0 heterocycles. The van der Waals surface area contributed by atoms with E-state index in [2.05, 4.69) is 145 Å². The summed E-state index contributed by atoms with van der Waals surface area (Å²) in [6, 6.07) is 48.7. The van der Waals surface area contributed by atoms with E-state index >= 15 is 0 Å². The molecule has 2 unspecified atom stereocenters. The molecule has 270 valence electrons. The van der Waals surface area contributed by atoms with Crippen molar-refractivity contribution < 1.29 is 9.47 Å². The molecule has 0 radical (unpaired) electrons. The lowest BCUT2D eigenvalue weighted by molar-refractivity contribution is 0.350. The van der Waals surface area contributed by atoms with Crippen molar-refractivity contribution in [2.24, 2.45) is 5.92 Å². The normalized spacial score (nSPS) is 15.5. The fraction of sp³-hybridized carbons (Fsp3) is 0.271. The van der Waals surface area contributed by atoms with Gasteiger partial charge in [0.15, 0.2) is 0 Å². The standard InChI is InChI=1S/C48H52N3O2/c1-6-50(39-15-12-17-41(32-39)52-4)37-26-22-35(23-27-37)48(36-24-28-38(29-25-36)51(7-2)40-16-13-18-42(33-40)53-5)45-30-31-47(44-20-10-9-19-43(44)45)49-46-21-11-8-14-34(46)3/h9-10,12-13,15-20,22-34,46,49H,6-8,11,14,21H2,1-5H3/q+1. The molecule has 1 aliphatic rings. The molecule has 1 aliphatic carbocycles. The Morgan fingerprint density at radius 1 is 0.585 bits per heavy atom. The summed E-state index contributed by atoms with van der Waals surface area (Å²) in [5.74, 6) is 3.59. The molecule has 2 atom stereocenters. The predicted octanol–water partition coefficient (Wildman–Crippen LogP) is 12.2. The molecule has 0 aliphatic heterocycles. The van der Waals surface area contributed by atoms with Crippen LogP contribution in [-0.2, 0) is 0 Å². The van der Waals surface area contributed by atoms with E-state index in [0.29, 0.717) is 12.0 Å². The van der Waals surface area contributed by atoms with Crippen molar-refractivity contribution in [3.05, 3.63) is 156 Å². The van der Waals surface area contributed by atoms with Gasteiger partial charge < -0.3 is 24.6 Å². The van der Waals surface area contributed by atoms with Crippen LogP contribution >= 0.6 is 0 Å². The molecular weight excluding hydrogens is 651 g/mol. The maximum atomic E-state index is 5.55. The minimum atomic E-state index is 0.499. The summed E-state index contributed by atoms with van der Waals surface area (Å²) >= 11 is 0. The molecule has 0 bridgehead atoms. The Labute approximate surface area is 316 Å². The van der Waals surface area contributed by atoms with Crippen molar-refractivity contribution in [3.63, 3.8) is 0 Å². The van der Waals surface area contributed by atoms with Crippen molar-refractivity contribution in [2.75, 3.05) is 42.4 Å². The summed E-state index contributed by atoms with van der Waals surface area (Å²) in [6.45, 7) is 8.45. The first-order valence-corrected chi connectivity index (χ1v) is 19.2. The quantitative estimate of drug-likeness (QED) is 0.0958. The molecule has 5 nitrogen and oxygen atoms in total. The molecular formula is C48H52N3O2+. The fourth-order valence-corrected chi connectivity index (χ4v) is 8.05. The van der Waals surface area contributed by atoms with E-state index in [-0.39, 0.29) is 0 Å². The maximum Gasteiger partial charge on any atom is 0.120 e. The zero-order valence-electron chi connectivity index (χ0n) is 31.8. The third-order valence-electron chi connectivity index (χ3n) is 10.9. The number of ether oxygens (including phenoxy) is 2. The molecule has 1 fully saturated rings. The lowest BCUT2D eigenvalue weighted by Gasteiger charge is -2.31. The van der Waals surface area contributed by atoms with E-state index in [1.807, 2.05) is 24.3 Å². The Morgan fingerprint density at radius 2 is 1.11 bits per heavy atom. The van der Waals surface area contributed by atoms with Gasteiger partial charge in [-0.1, -0.05) is 44.0 Å². The summed E-state index contributed by atoms with van der Waals surface area (Å²) in [7, 11) is 3.44. The molecule has 7 rings (SSSR count). The van der Waals surface area contributed by atoms with E-state index in [1.165, 1.54) is 64.8 Å². The number of benzene rings is 6. The van der Waals surface area contributed by atoms with Crippen molar-refractivity contribution in [3.8, 4) is 11.5 Å².